The summed E-state index contributed by atoms with van der Waals surface area (Å²) in [5.74, 6) is 0.350. The fourth-order valence-electron chi connectivity index (χ4n) is 2.44. The average Bonchev–Trinajstić information content (AvgIpc) is 2.47. The summed E-state index contributed by atoms with van der Waals surface area (Å²) >= 11 is 5.00. The van der Waals surface area contributed by atoms with Crippen molar-refractivity contribution >= 4 is 23.1 Å². The molecule has 3 unspecified atom stereocenters. The zero-order valence-corrected chi connectivity index (χ0v) is 14.2. The first kappa shape index (κ1) is 17.6. The fraction of sp³-hybridized carbons (Fsp3) is 0.529. The summed E-state index contributed by atoms with van der Waals surface area (Å²) in [6.07, 6.45) is 0.962. The van der Waals surface area contributed by atoms with Crippen LogP contribution in [-0.2, 0) is 4.79 Å². The fourth-order valence-corrected chi connectivity index (χ4v) is 2.51. The normalized spacial score (nSPS) is 15.0. The highest BCUT2D eigenvalue weighted by Crippen LogP contribution is 2.28. The largest absolute Gasteiger partial charge is 0.393 e. The number of likely N-dealkylation sites (N-methyl/N-ethyl adjacent to an activating group) is 1. The quantitative estimate of drug-likeness (QED) is 0.787. The molecule has 0 aliphatic rings. The number of carbonyl (C=O) groups excluding carboxylic acids is 1. The summed E-state index contributed by atoms with van der Waals surface area (Å²) in [7, 11) is 1.83. The van der Waals surface area contributed by atoms with E-state index in [0.29, 0.717) is 17.5 Å². The number of rotatable bonds is 7. The smallest absolute Gasteiger partial charge is 0.230 e. The van der Waals surface area contributed by atoms with Gasteiger partial charge in [0.05, 0.1) is 10.9 Å². The van der Waals surface area contributed by atoms with Crippen molar-refractivity contribution in [3.63, 3.8) is 0 Å². The van der Waals surface area contributed by atoms with Gasteiger partial charge in [-0.15, -0.1) is 0 Å². The minimum Gasteiger partial charge on any atom is -0.393 e. The van der Waals surface area contributed by atoms with Crippen molar-refractivity contribution in [3.8, 4) is 0 Å². The second-order valence-electron chi connectivity index (χ2n) is 5.80. The van der Waals surface area contributed by atoms with Gasteiger partial charge in [-0.2, -0.15) is 0 Å². The summed E-state index contributed by atoms with van der Waals surface area (Å²) in [5, 5.41) is 0. The molecule has 0 bridgehead atoms. The molecule has 3 nitrogen and oxygen atoms in total. The Morgan fingerprint density at radius 3 is 2.33 bits per heavy atom. The number of hydrogen-bond acceptors (Lipinski definition) is 2. The number of hydrogen-bond donors (Lipinski definition) is 1. The van der Waals surface area contributed by atoms with Crippen LogP contribution >= 0.6 is 12.2 Å². The SMILES string of the molecule is CCC(C)C(C(=O)N(C)CC(C)C(N)=S)c1ccccc1. The Balaban J connectivity index is 2.93. The lowest BCUT2D eigenvalue weighted by molar-refractivity contribution is -0.133. The van der Waals surface area contributed by atoms with Gasteiger partial charge in [0.25, 0.3) is 0 Å². The van der Waals surface area contributed by atoms with E-state index in [4.69, 9.17) is 18.0 Å². The van der Waals surface area contributed by atoms with Gasteiger partial charge in [0.2, 0.25) is 5.91 Å². The Bertz CT molecular complexity index is 475. The molecule has 2 N–H and O–H groups in total. The lowest BCUT2D eigenvalue weighted by atomic mass is 9.84. The molecule has 0 aliphatic carbocycles. The van der Waals surface area contributed by atoms with Gasteiger partial charge in [-0.1, -0.05) is 69.7 Å². The molecule has 0 aromatic heterocycles. The molecular formula is C17H26N2OS. The maximum absolute atomic E-state index is 12.8. The summed E-state index contributed by atoms with van der Waals surface area (Å²) in [6.45, 7) is 6.76. The van der Waals surface area contributed by atoms with Crippen LogP contribution in [0.1, 0.15) is 38.7 Å². The maximum Gasteiger partial charge on any atom is 0.230 e. The van der Waals surface area contributed by atoms with E-state index in [1.807, 2.05) is 44.3 Å². The van der Waals surface area contributed by atoms with Crippen molar-refractivity contribution in [2.45, 2.75) is 33.1 Å². The van der Waals surface area contributed by atoms with Crippen LogP contribution in [0.2, 0.25) is 0 Å². The molecule has 0 radical (unpaired) electrons. The Morgan fingerprint density at radius 2 is 1.86 bits per heavy atom. The molecule has 0 heterocycles. The van der Waals surface area contributed by atoms with E-state index in [0.717, 1.165) is 12.0 Å². The highest BCUT2D eigenvalue weighted by Gasteiger charge is 2.29. The van der Waals surface area contributed by atoms with E-state index in [9.17, 15) is 4.79 Å². The van der Waals surface area contributed by atoms with Crippen LogP contribution in [0.15, 0.2) is 30.3 Å². The molecule has 1 amide bonds. The van der Waals surface area contributed by atoms with E-state index in [1.54, 1.807) is 4.90 Å². The maximum atomic E-state index is 12.8. The van der Waals surface area contributed by atoms with Crippen LogP contribution in [0.25, 0.3) is 0 Å². The number of amides is 1. The molecule has 1 aromatic carbocycles. The zero-order chi connectivity index (χ0) is 16.0. The number of thiocarbonyl (C=S) groups is 1. The van der Waals surface area contributed by atoms with Gasteiger partial charge in [-0.05, 0) is 11.5 Å². The Morgan fingerprint density at radius 1 is 1.29 bits per heavy atom. The lowest BCUT2D eigenvalue weighted by Crippen LogP contribution is -2.39. The summed E-state index contributed by atoms with van der Waals surface area (Å²) in [5.41, 5.74) is 6.73. The summed E-state index contributed by atoms with van der Waals surface area (Å²) < 4.78 is 0. The van der Waals surface area contributed by atoms with Crippen LogP contribution in [0.3, 0.4) is 0 Å². The van der Waals surface area contributed by atoms with Gasteiger partial charge in [0.15, 0.2) is 0 Å². The van der Waals surface area contributed by atoms with E-state index in [2.05, 4.69) is 13.8 Å². The molecule has 116 valence electrons. The molecule has 0 saturated heterocycles. The number of carbonyl (C=O) groups is 1. The third kappa shape index (κ3) is 4.81. The van der Waals surface area contributed by atoms with E-state index < -0.39 is 0 Å². The van der Waals surface area contributed by atoms with Crippen LogP contribution < -0.4 is 5.73 Å². The molecule has 21 heavy (non-hydrogen) atoms. The molecule has 1 aromatic rings. The van der Waals surface area contributed by atoms with Crippen molar-refractivity contribution in [2.75, 3.05) is 13.6 Å². The van der Waals surface area contributed by atoms with Crippen molar-refractivity contribution in [1.29, 1.82) is 0 Å². The molecular weight excluding hydrogens is 280 g/mol. The van der Waals surface area contributed by atoms with Gasteiger partial charge >= 0.3 is 0 Å². The number of nitrogens with zero attached hydrogens (tertiary/aromatic N) is 1. The minimum atomic E-state index is -0.111. The summed E-state index contributed by atoms with van der Waals surface area (Å²) in [4.78, 5) is 15.1. The highest BCUT2D eigenvalue weighted by atomic mass is 32.1. The molecule has 3 atom stereocenters. The van der Waals surface area contributed by atoms with Gasteiger partial charge in [-0.25, -0.2) is 0 Å². The predicted octanol–water partition coefficient (Wildman–Crippen LogP) is 3.20. The van der Waals surface area contributed by atoms with Crippen LogP contribution in [0.4, 0.5) is 0 Å². The second-order valence-corrected chi connectivity index (χ2v) is 6.27. The molecule has 0 spiro atoms. The lowest BCUT2D eigenvalue weighted by Gasteiger charge is -2.29. The highest BCUT2D eigenvalue weighted by molar-refractivity contribution is 7.80. The third-order valence-corrected chi connectivity index (χ3v) is 4.45. The van der Waals surface area contributed by atoms with Crippen molar-refractivity contribution < 1.29 is 4.79 Å². The Hall–Kier alpha value is -1.42. The first-order chi connectivity index (χ1) is 9.88. The monoisotopic (exact) mass is 306 g/mol. The predicted molar refractivity (Wildman–Crippen MR) is 92.2 cm³/mol. The van der Waals surface area contributed by atoms with Crippen LogP contribution in [-0.4, -0.2) is 29.4 Å². The molecule has 0 fully saturated rings. The van der Waals surface area contributed by atoms with Gasteiger partial charge in [0, 0.05) is 19.5 Å². The molecule has 1 rings (SSSR count). The molecule has 0 saturated carbocycles. The Kier molecular flexibility index (Phi) is 6.82. The van der Waals surface area contributed by atoms with E-state index >= 15 is 0 Å². The molecule has 0 aliphatic heterocycles. The van der Waals surface area contributed by atoms with Crippen LogP contribution in [0.5, 0.6) is 0 Å². The average molecular weight is 306 g/mol. The minimum absolute atomic E-state index is 0.0299. The number of nitrogens with two attached hydrogens (primary N) is 1. The number of benzene rings is 1. The van der Waals surface area contributed by atoms with Crippen LogP contribution in [0, 0.1) is 11.8 Å². The first-order valence-electron chi connectivity index (χ1n) is 7.47. The second kappa shape index (κ2) is 8.13. The molecule has 4 heteroatoms. The van der Waals surface area contributed by atoms with Crippen molar-refractivity contribution in [1.82, 2.24) is 4.90 Å². The van der Waals surface area contributed by atoms with Crippen molar-refractivity contribution in [2.24, 2.45) is 17.6 Å². The Labute approximate surface area is 133 Å². The van der Waals surface area contributed by atoms with Gasteiger partial charge < -0.3 is 10.6 Å². The van der Waals surface area contributed by atoms with Gasteiger partial charge in [0.1, 0.15) is 0 Å². The summed E-state index contributed by atoms with van der Waals surface area (Å²) in [6, 6.07) is 9.99. The zero-order valence-electron chi connectivity index (χ0n) is 13.4. The first-order valence-corrected chi connectivity index (χ1v) is 7.88. The third-order valence-electron chi connectivity index (χ3n) is 4.05. The van der Waals surface area contributed by atoms with Gasteiger partial charge in [-0.3, -0.25) is 4.79 Å². The standard InChI is InChI=1S/C17H26N2OS/c1-5-12(2)15(14-9-7-6-8-10-14)17(20)19(4)11-13(3)16(18)21/h6-10,12-13,15H,5,11H2,1-4H3,(H2,18,21). The van der Waals surface area contributed by atoms with Crippen molar-refractivity contribution in [3.05, 3.63) is 35.9 Å². The van der Waals surface area contributed by atoms with E-state index in [1.165, 1.54) is 0 Å². The van der Waals surface area contributed by atoms with E-state index in [-0.39, 0.29) is 17.7 Å². The topological polar surface area (TPSA) is 46.3 Å².